The molecule has 2 aliphatic rings. The molecule has 0 amide bonds. The summed E-state index contributed by atoms with van der Waals surface area (Å²) >= 11 is 0. The third-order valence-electron chi connectivity index (χ3n) is 4.36. The maximum absolute atomic E-state index is 10.7. The van der Waals surface area contributed by atoms with E-state index in [-0.39, 0.29) is 12.0 Å². The predicted molar refractivity (Wildman–Crippen MR) is 102 cm³/mol. The van der Waals surface area contributed by atoms with E-state index in [1.54, 1.807) is 14.2 Å². The van der Waals surface area contributed by atoms with Crippen LogP contribution in [0.2, 0.25) is 0 Å². The lowest BCUT2D eigenvalue weighted by Gasteiger charge is -2.34. The molecule has 0 radical (unpaired) electrons. The van der Waals surface area contributed by atoms with Crippen molar-refractivity contribution in [3.8, 4) is 0 Å². The van der Waals surface area contributed by atoms with Crippen LogP contribution in [0.15, 0.2) is 29.7 Å². The Labute approximate surface area is 145 Å². The van der Waals surface area contributed by atoms with Gasteiger partial charge in [-0.1, -0.05) is 13.5 Å². The van der Waals surface area contributed by atoms with Crippen LogP contribution in [0.3, 0.4) is 0 Å². The predicted octanol–water partition coefficient (Wildman–Crippen LogP) is 1.35. The number of hydrogen-bond donors (Lipinski definition) is 2. The summed E-state index contributed by atoms with van der Waals surface area (Å²) in [4.78, 5) is 5.95. The number of rotatable bonds is 5. The Balaban J connectivity index is 2.19. The van der Waals surface area contributed by atoms with Gasteiger partial charge >= 0.3 is 0 Å². The van der Waals surface area contributed by atoms with Gasteiger partial charge in [0, 0.05) is 20.4 Å². The van der Waals surface area contributed by atoms with Gasteiger partial charge in [-0.25, -0.2) is 0 Å². The zero-order valence-corrected chi connectivity index (χ0v) is 16.2. The van der Waals surface area contributed by atoms with Gasteiger partial charge in [0.15, 0.2) is 6.23 Å². The number of nitrogens with one attached hydrogen (secondary N) is 1. The topological polar surface area (TPSA) is 66.3 Å². The van der Waals surface area contributed by atoms with E-state index in [0.29, 0.717) is 5.82 Å². The highest BCUT2D eigenvalue weighted by atomic mass is 31.2. The fourth-order valence-corrected chi connectivity index (χ4v) is 5.14. The van der Waals surface area contributed by atoms with Crippen molar-refractivity contribution < 1.29 is 14.6 Å². The molecule has 5 atom stereocenters. The van der Waals surface area contributed by atoms with E-state index in [1.165, 1.54) is 0 Å². The molecule has 0 aliphatic carbocycles. The van der Waals surface area contributed by atoms with E-state index in [9.17, 15) is 5.11 Å². The number of aliphatic hydroxyl groups excluding tert-OH is 1. The van der Waals surface area contributed by atoms with Crippen LogP contribution < -0.4 is 5.32 Å². The summed E-state index contributed by atoms with van der Waals surface area (Å²) in [5.74, 6) is 1.58. The summed E-state index contributed by atoms with van der Waals surface area (Å²) in [6.45, 7) is 9.31. The van der Waals surface area contributed by atoms with E-state index >= 15 is 0 Å². The minimum Gasteiger partial charge on any atom is -0.387 e. The van der Waals surface area contributed by atoms with Crippen LogP contribution >= 0.6 is 6.89 Å². The Hall–Kier alpha value is -1.07. The summed E-state index contributed by atoms with van der Waals surface area (Å²) in [5, 5.41) is 13.8. The van der Waals surface area contributed by atoms with Crippen LogP contribution in [0.1, 0.15) is 6.92 Å². The average Bonchev–Trinajstić information content (AvgIpc) is 2.82. The maximum Gasteiger partial charge on any atom is 0.164 e. The molecule has 2 rings (SSSR count). The van der Waals surface area contributed by atoms with Gasteiger partial charge in [-0.05, 0) is 31.5 Å². The van der Waals surface area contributed by atoms with Crippen LogP contribution in [0.5, 0.6) is 0 Å². The van der Waals surface area contributed by atoms with E-state index in [0.717, 1.165) is 12.0 Å². The van der Waals surface area contributed by atoms with Crippen molar-refractivity contribution in [3.05, 3.63) is 24.7 Å². The first-order valence-electron chi connectivity index (χ1n) is 8.11. The lowest BCUT2D eigenvalue weighted by molar-refractivity contribution is -0.0774. The van der Waals surface area contributed by atoms with Crippen molar-refractivity contribution >= 4 is 19.0 Å². The van der Waals surface area contributed by atoms with Crippen molar-refractivity contribution in [3.63, 3.8) is 0 Å². The zero-order valence-electron chi connectivity index (χ0n) is 15.3. The van der Waals surface area contributed by atoms with Crippen LogP contribution in [-0.4, -0.2) is 80.3 Å². The zero-order chi connectivity index (χ0) is 18.1. The smallest absolute Gasteiger partial charge is 0.164 e. The number of amidine groups is 1. The first-order valence-corrected chi connectivity index (χ1v) is 11.2. The molecule has 136 valence electrons. The molecule has 6 nitrogen and oxygen atoms in total. The molecule has 24 heavy (non-hydrogen) atoms. The number of aliphatic hydroxyl groups is 1. The SMILES string of the molecule is C=C1NC(=NC)C=CN1[C@@H]1O[C@H](C(C)CP(=C)(C)C)[C@@H](O)[C@H]1OC. The van der Waals surface area contributed by atoms with Crippen molar-refractivity contribution in [2.75, 3.05) is 33.6 Å². The summed E-state index contributed by atoms with van der Waals surface area (Å²) in [7, 11) is 3.31. The quantitative estimate of drug-likeness (QED) is 0.729. The van der Waals surface area contributed by atoms with E-state index < -0.39 is 25.3 Å². The molecule has 0 bridgehead atoms. The standard InChI is InChI=1S/C17H30N3O3P/c1-11(10-24(5,6)7)15-14(21)16(22-4)17(23-15)20-9-8-13(18-3)19-12(20)2/h8-9,11,14-17,21H,2,5,10H2,1,3-4,6-7H3,(H,18,19)/t11?,14-,15-,16-,17-/m1/s1. The molecule has 2 N–H and O–H groups in total. The molecular weight excluding hydrogens is 325 g/mol. The molecule has 0 saturated carbocycles. The third kappa shape index (κ3) is 4.12. The number of aliphatic imine (C=N–C) groups is 1. The van der Waals surface area contributed by atoms with Crippen molar-refractivity contribution in [2.45, 2.75) is 31.5 Å². The second kappa shape index (κ2) is 7.44. The van der Waals surface area contributed by atoms with E-state index in [1.807, 2.05) is 17.2 Å². The number of hydrogen-bond acceptors (Lipinski definition) is 5. The van der Waals surface area contributed by atoms with Gasteiger partial charge in [0.05, 0.1) is 6.10 Å². The third-order valence-corrected chi connectivity index (χ3v) is 5.92. The Morgan fingerprint density at radius 2 is 2.21 bits per heavy atom. The molecule has 1 fully saturated rings. The first-order chi connectivity index (χ1) is 11.2. The lowest BCUT2D eigenvalue weighted by Crippen LogP contribution is -2.47. The highest BCUT2D eigenvalue weighted by molar-refractivity contribution is 7.72. The molecule has 0 spiro atoms. The Morgan fingerprint density at radius 1 is 1.54 bits per heavy atom. The summed E-state index contributed by atoms with van der Waals surface area (Å²) in [6.07, 6.45) is 7.07. The van der Waals surface area contributed by atoms with Gasteiger partial charge in [-0.3, -0.25) is 4.99 Å². The van der Waals surface area contributed by atoms with Crippen LogP contribution in [0, 0.1) is 5.92 Å². The minimum atomic E-state index is -1.21. The highest BCUT2D eigenvalue weighted by Gasteiger charge is 2.49. The fraction of sp³-hybridized carbons (Fsp3) is 0.647. The molecule has 0 aromatic rings. The second-order valence-electron chi connectivity index (χ2n) is 7.18. The molecule has 7 heteroatoms. The van der Waals surface area contributed by atoms with Crippen LogP contribution in [0.25, 0.3) is 0 Å². The first kappa shape index (κ1) is 19.3. The number of ether oxygens (including phenoxy) is 2. The molecule has 2 heterocycles. The van der Waals surface area contributed by atoms with Gasteiger partial charge in [0.25, 0.3) is 0 Å². The van der Waals surface area contributed by atoms with Crippen molar-refractivity contribution in [1.82, 2.24) is 10.2 Å². The van der Waals surface area contributed by atoms with E-state index in [2.05, 4.69) is 43.4 Å². The van der Waals surface area contributed by atoms with Crippen molar-refractivity contribution in [2.24, 2.45) is 10.9 Å². The highest BCUT2D eigenvalue weighted by Crippen LogP contribution is 2.41. The molecular formula is C17H30N3O3P. The molecule has 1 unspecified atom stereocenters. The second-order valence-corrected chi connectivity index (χ2v) is 11.4. The van der Waals surface area contributed by atoms with Gasteiger partial charge in [0.2, 0.25) is 0 Å². The van der Waals surface area contributed by atoms with Crippen LogP contribution in [0.4, 0.5) is 0 Å². The van der Waals surface area contributed by atoms with E-state index in [4.69, 9.17) is 9.47 Å². The van der Waals surface area contributed by atoms with Gasteiger partial charge in [0.1, 0.15) is 23.9 Å². The summed E-state index contributed by atoms with van der Waals surface area (Å²) in [6, 6.07) is 0. The fourth-order valence-electron chi connectivity index (χ4n) is 3.37. The van der Waals surface area contributed by atoms with Crippen LogP contribution in [-0.2, 0) is 9.47 Å². The van der Waals surface area contributed by atoms with Gasteiger partial charge in [-0.15, -0.1) is 13.2 Å². The minimum absolute atomic E-state index is 0.200. The number of nitrogens with zero attached hydrogens (tertiary/aromatic N) is 2. The molecule has 2 aliphatic heterocycles. The summed E-state index contributed by atoms with van der Waals surface area (Å²) < 4.78 is 11.8. The van der Waals surface area contributed by atoms with Crippen molar-refractivity contribution in [1.29, 1.82) is 0 Å². The number of methoxy groups -OCH3 is 1. The molecule has 1 saturated heterocycles. The Morgan fingerprint density at radius 3 is 2.71 bits per heavy atom. The maximum atomic E-state index is 10.7. The molecule has 0 aromatic carbocycles. The average molecular weight is 355 g/mol. The molecule has 0 aromatic heterocycles. The van der Waals surface area contributed by atoms with Gasteiger partial charge < -0.3 is 24.8 Å². The summed E-state index contributed by atoms with van der Waals surface area (Å²) in [5.41, 5.74) is 0. The monoisotopic (exact) mass is 355 g/mol. The normalized spacial score (nSPS) is 33.8. The largest absolute Gasteiger partial charge is 0.387 e. The Kier molecular flexibility index (Phi) is 5.97. The van der Waals surface area contributed by atoms with Gasteiger partial charge in [-0.2, -0.15) is 0 Å². The Bertz CT molecular complexity index is 584. The lowest BCUT2D eigenvalue weighted by atomic mass is 10.00.